The molecule has 2 rings (SSSR count). The van der Waals surface area contributed by atoms with E-state index in [4.69, 9.17) is 4.52 Å². The van der Waals surface area contributed by atoms with E-state index in [9.17, 15) is 9.59 Å². The number of aryl methyl sites for hydroxylation is 2. The smallest absolute Gasteiger partial charge is 0.239 e. The minimum atomic E-state index is -0.0976. The Balaban J connectivity index is 2.05. The summed E-state index contributed by atoms with van der Waals surface area (Å²) in [6, 6.07) is 0. The monoisotopic (exact) mass is 251 g/mol. The summed E-state index contributed by atoms with van der Waals surface area (Å²) < 4.78 is 5.03. The van der Waals surface area contributed by atoms with E-state index in [-0.39, 0.29) is 24.8 Å². The Morgan fingerprint density at radius 3 is 2.94 bits per heavy atom. The van der Waals surface area contributed by atoms with Crippen LogP contribution in [0.1, 0.15) is 23.4 Å². The largest absolute Gasteiger partial charge is 0.361 e. The lowest BCUT2D eigenvalue weighted by Gasteiger charge is -2.18. The third kappa shape index (κ3) is 2.69. The maximum absolute atomic E-state index is 12.1. The van der Waals surface area contributed by atoms with Gasteiger partial charge in [0.1, 0.15) is 5.76 Å². The third-order valence-corrected chi connectivity index (χ3v) is 3.12. The lowest BCUT2D eigenvalue weighted by molar-refractivity contribution is -0.134. The van der Waals surface area contributed by atoms with Crippen LogP contribution in [0.4, 0.5) is 0 Å². The minimum Gasteiger partial charge on any atom is -0.361 e. The molecule has 6 nitrogen and oxygen atoms in total. The highest BCUT2D eigenvalue weighted by Gasteiger charge is 2.22. The fraction of sp³-hybridized carbons (Fsp3) is 0.583. The van der Waals surface area contributed by atoms with Crippen LogP contribution in [-0.4, -0.2) is 41.5 Å². The van der Waals surface area contributed by atoms with Gasteiger partial charge in [-0.25, -0.2) is 0 Å². The predicted molar refractivity (Wildman–Crippen MR) is 63.9 cm³/mol. The maximum atomic E-state index is 12.1. The van der Waals surface area contributed by atoms with Gasteiger partial charge in [-0.15, -0.1) is 0 Å². The zero-order valence-corrected chi connectivity index (χ0v) is 10.7. The summed E-state index contributed by atoms with van der Waals surface area (Å²) in [5, 5.41) is 6.57. The molecular formula is C12H17N3O3. The first-order chi connectivity index (χ1) is 8.58. The van der Waals surface area contributed by atoms with Gasteiger partial charge in [0.25, 0.3) is 0 Å². The van der Waals surface area contributed by atoms with Gasteiger partial charge in [-0.2, -0.15) is 0 Å². The molecule has 1 aliphatic heterocycles. The average Bonchev–Trinajstić information content (AvgIpc) is 2.56. The van der Waals surface area contributed by atoms with Crippen molar-refractivity contribution in [3.8, 4) is 0 Å². The second kappa shape index (κ2) is 5.20. The molecule has 0 radical (unpaired) electrons. The zero-order chi connectivity index (χ0) is 13.1. The first kappa shape index (κ1) is 12.6. The van der Waals surface area contributed by atoms with Gasteiger partial charge >= 0.3 is 0 Å². The van der Waals surface area contributed by atoms with Gasteiger partial charge in [0.15, 0.2) is 0 Å². The number of rotatable bonds is 2. The summed E-state index contributed by atoms with van der Waals surface area (Å²) in [5.41, 5.74) is 1.56. The van der Waals surface area contributed by atoms with Crippen molar-refractivity contribution < 1.29 is 14.1 Å². The molecule has 6 heteroatoms. The van der Waals surface area contributed by atoms with Crippen molar-refractivity contribution in [3.63, 3.8) is 0 Å². The summed E-state index contributed by atoms with van der Waals surface area (Å²) in [4.78, 5) is 25.1. The van der Waals surface area contributed by atoms with Crippen molar-refractivity contribution in [1.82, 2.24) is 15.4 Å². The highest BCUT2D eigenvalue weighted by molar-refractivity contribution is 5.86. The summed E-state index contributed by atoms with van der Waals surface area (Å²) >= 11 is 0. The molecule has 0 unspecified atom stereocenters. The Hall–Kier alpha value is -1.85. The van der Waals surface area contributed by atoms with Crippen LogP contribution in [0.5, 0.6) is 0 Å². The van der Waals surface area contributed by atoms with Crippen molar-refractivity contribution >= 4 is 11.8 Å². The maximum Gasteiger partial charge on any atom is 0.239 e. The second-order valence-corrected chi connectivity index (χ2v) is 4.50. The molecule has 98 valence electrons. The van der Waals surface area contributed by atoms with Crippen molar-refractivity contribution in [2.75, 3.05) is 19.6 Å². The number of amides is 2. The van der Waals surface area contributed by atoms with E-state index in [0.29, 0.717) is 18.8 Å². The van der Waals surface area contributed by atoms with Crippen LogP contribution in [-0.2, 0) is 16.0 Å². The van der Waals surface area contributed by atoms with Crippen LogP contribution in [0.2, 0.25) is 0 Å². The van der Waals surface area contributed by atoms with Crippen LogP contribution in [0.15, 0.2) is 4.52 Å². The molecule has 1 saturated heterocycles. The molecule has 0 atom stereocenters. The number of nitrogens with zero attached hydrogens (tertiary/aromatic N) is 2. The van der Waals surface area contributed by atoms with Gasteiger partial charge in [0.2, 0.25) is 11.8 Å². The molecule has 2 amide bonds. The van der Waals surface area contributed by atoms with Gasteiger partial charge in [-0.3, -0.25) is 9.59 Å². The molecular weight excluding hydrogens is 234 g/mol. The first-order valence-corrected chi connectivity index (χ1v) is 6.04. The number of nitrogens with one attached hydrogen (secondary N) is 1. The summed E-state index contributed by atoms with van der Waals surface area (Å²) in [6.07, 6.45) is 1.04. The van der Waals surface area contributed by atoms with E-state index in [0.717, 1.165) is 17.7 Å². The molecule has 18 heavy (non-hydrogen) atoms. The van der Waals surface area contributed by atoms with Crippen molar-refractivity contribution in [3.05, 3.63) is 17.0 Å². The molecule has 0 bridgehead atoms. The van der Waals surface area contributed by atoms with Gasteiger partial charge in [-0.05, 0) is 20.3 Å². The summed E-state index contributed by atoms with van der Waals surface area (Å²) in [5.74, 6) is 0.515. The lowest BCUT2D eigenvalue weighted by atomic mass is 10.1. The Bertz CT molecular complexity index is 448. The fourth-order valence-electron chi connectivity index (χ4n) is 2.04. The van der Waals surface area contributed by atoms with Crippen LogP contribution in [0, 0.1) is 13.8 Å². The second-order valence-electron chi connectivity index (χ2n) is 4.50. The molecule has 0 aliphatic carbocycles. The van der Waals surface area contributed by atoms with Crippen LogP contribution < -0.4 is 5.32 Å². The fourth-order valence-corrected chi connectivity index (χ4v) is 2.04. The van der Waals surface area contributed by atoms with Crippen LogP contribution >= 0.6 is 0 Å². The van der Waals surface area contributed by atoms with Gasteiger partial charge in [-0.1, -0.05) is 5.16 Å². The van der Waals surface area contributed by atoms with E-state index in [2.05, 4.69) is 10.5 Å². The number of hydrogen-bond donors (Lipinski definition) is 1. The van der Waals surface area contributed by atoms with E-state index >= 15 is 0 Å². The number of carbonyl (C=O) groups is 2. The molecule has 1 N–H and O–H groups in total. The van der Waals surface area contributed by atoms with Crippen molar-refractivity contribution in [1.29, 1.82) is 0 Å². The molecule has 2 heterocycles. The van der Waals surface area contributed by atoms with Crippen molar-refractivity contribution in [2.24, 2.45) is 0 Å². The van der Waals surface area contributed by atoms with E-state index in [1.807, 2.05) is 6.92 Å². The average molecular weight is 251 g/mol. The first-order valence-electron chi connectivity index (χ1n) is 6.04. The van der Waals surface area contributed by atoms with Gasteiger partial charge in [0, 0.05) is 18.7 Å². The topological polar surface area (TPSA) is 75.4 Å². The predicted octanol–water partition coefficient (Wildman–Crippen LogP) is 0.182. The Morgan fingerprint density at radius 2 is 2.28 bits per heavy atom. The third-order valence-electron chi connectivity index (χ3n) is 3.12. The van der Waals surface area contributed by atoms with Gasteiger partial charge < -0.3 is 14.7 Å². The molecule has 0 aromatic carbocycles. The number of carbonyl (C=O) groups excluding carboxylic acids is 2. The molecule has 1 aliphatic rings. The molecule has 1 fully saturated rings. The summed E-state index contributed by atoms with van der Waals surface area (Å²) in [6.45, 7) is 4.99. The Labute approximate surface area is 105 Å². The lowest BCUT2D eigenvalue weighted by Crippen LogP contribution is -2.38. The molecule has 1 aromatic rings. The number of hydrogen-bond acceptors (Lipinski definition) is 4. The molecule has 0 saturated carbocycles. The van der Waals surface area contributed by atoms with E-state index in [1.54, 1.807) is 11.8 Å². The summed E-state index contributed by atoms with van der Waals surface area (Å²) in [7, 11) is 0. The van der Waals surface area contributed by atoms with E-state index < -0.39 is 0 Å². The van der Waals surface area contributed by atoms with Crippen LogP contribution in [0.3, 0.4) is 0 Å². The Morgan fingerprint density at radius 1 is 1.50 bits per heavy atom. The Kier molecular flexibility index (Phi) is 3.64. The van der Waals surface area contributed by atoms with Crippen LogP contribution in [0.25, 0.3) is 0 Å². The van der Waals surface area contributed by atoms with E-state index in [1.165, 1.54) is 0 Å². The van der Waals surface area contributed by atoms with Crippen molar-refractivity contribution in [2.45, 2.75) is 26.7 Å². The normalized spacial score (nSPS) is 16.3. The highest BCUT2D eigenvalue weighted by Crippen LogP contribution is 2.14. The van der Waals surface area contributed by atoms with Gasteiger partial charge in [0.05, 0.1) is 18.7 Å². The standard InChI is InChI=1S/C12H17N3O3/c1-8-10(9(2)18-14-8)6-12(17)15-5-3-4-13-11(16)7-15/h3-7H2,1-2H3,(H,13,16). The quantitative estimate of drug-likeness (QED) is 0.813. The number of aromatic nitrogens is 1. The zero-order valence-electron chi connectivity index (χ0n) is 10.7. The molecule has 1 aromatic heterocycles. The highest BCUT2D eigenvalue weighted by atomic mass is 16.5. The minimum absolute atomic E-state index is 0.0542. The SMILES string of the molecule is Cc1noc(C)c1CC(=O)N1CCCNC(=O)C1. The molecule has 0 spiro atoms.